The summed E-state index contributed by atoms with van der Waals surface area (Å²) < 4.78 is 1.68. The molecule has 0 aliphatic carbocycles. The minimum absolute atomic E-state index is 0.0188. The second-order valence-corrected chi connectivity index (χ2v) is 4.62. The van der Waals surface area contributed by atoms with E-state index in [9.17, 15) is 4.79 Å². The van der Waals surface area contributed by atoms with Gasteiger partial charge in [-0.3, -0.25) is 14.6 Å². The molecule has 1 aromatic rings. The number of H-pyrrole nitrogens is 1. The third-order valence-electron chi connectivity index (χ3n) is 2.47. The van der Waals surface area contributed by atoms with Gasteiger partial charge < -0.3 is 0 Å². The van der Waals surface area contributed by atoms with E-state index in [0.29, 0.717) is 6.54 Å². The smallest absolute Gasteiger partial charge is 0.269 e. The van der Waals surface area contributed by atoms with Gasteiger partial charge in [-0.1, -0.05) is 27.7 Å². The zero-order valence-electron chi connectivity index (χ0n) is 9.77. The Bertz CT molecular complexity index is 366. The highest BCUT2D eigenvalue weighted by Crippen LogP contribution is 2.22. The number of aromatic nitrogens is 2. The molecule has 0 radical (unpaired) electrons. The molecular weight excluding hydrogens is 176 g/mol. The molecule has 3 nitrogen and oxygen atoms in total. The van der Waals surface area contributed by atoms with Gasteiger partial charge in [0.05, 0.1) is 0 Å². The monoisotopic (exact) mass is 196 g/mol. The summed E-state index contributed by atoms with van der Waals surface area (Å²) in [5.74, 6) is 0. The predicted molar refractivity (Wildman–Crippen MR) is 58.8 cm³/mol. The molecule has 0 atom stereocenters. The molecule has 0 saturated carbocycles. The van der Waals surface area contributed by atoms with Crippen molar-refractivity contribution < 1.29 is 0 Å². The van der Waals surface area contributed by atoms with E-state index >= 15 is 0 Å². The van der Waals surface area contributed by atoms with Crippen LogP contribution in [0.1, 0.15) is 45.9 Å². The highest BCUT2D eigenvalue weighted by molar-refractivity contribution is 5.24. The van der Waals surface area contributed by atoms with Crippen LogP contribution in [0.4, 0.5) is 0 Å². The Labute approximate surface area is 85.1 Å². The first-order valence-corrected chi connectivity index (χ1v) is 5.24. The van der Waals surface area contributed by atoms with E-state index in [1.54, 1.807) is 4.68 Å². The Morgan fingerprint density at radius 3 is 2.14 bits per heavy atom. The van der Waals surface area contributed by atoms with Crippen LogP contribution in [-0.2, 0) is 18.4 Å². The fourth-order valence-corrected chi connectivity index (χ4v) is 1.69. The molecule has 0 aliphatic rings. The van der Waals surface area contributed by atoms with Gasteiger partial charge in [0.25, 0.3) is 5.56 Å². The Balaban J connectivity index is 3.38. The lowest BCUT2D eigenvalue weighted by Crippen LogP contribution is -2.18. The van der Waals surface area contributed by atoms with Crippen molar-refractivity contribution in [1.29, 1.82) is 0 Å². The molecule has 3 heteroatoms. The van der Waals surface area contributed by atoms with Crippen LogP contribution in [0, 0.1) is 0 Å². The van der Waals surface area contributed by atoms with Crippen LogP contribution in [0.2, 0.25) is 0 Å². The quantitative estimate of drug-likeness (QED) is 0.772. The molecule has 1 N–H and O–H groups in total. The van der Waals surface area contributed by atoms with Gasteiger partial charge in [0.15, 0.2) is 0 Å². The van der Waals surface area contributed by atoms with Gasteiger partial charge in [-0.25, -0.2) is 0 Å². The molecule has 0 amide bonds. The van der Waals surface area contributed by atoms with Gasteiger partial charge in [-0.15, -0.1) is 0 Å². The third-order valence-corrected chi connectivity index (χ3v) is 2.47. The summed E-state index contributed by atoms with van der Waals surface area (Å²) in [5, 5.41) is 3.19. The molecule has 0 bridgehead atoms. The molecular formula is C11H20N2O. The van der Waals surface area contributed by atoms with Crippen LogP contribution < -0.4 is 5.56 Å². The number of hydrogen-bond donors (Lipinski definition) is 1. The van der Waals surface area contributed by atoms with E-state index in [-0.39, 0.29) is 11.0 Å². The zero-order chi connectivity index (χ0) is 10.9. The molecule has 0 aliphatic heterocycles. The second kappa shape index (κ2) is 3.64. The molecule has 14 heavy (non-hydrogen) atoms. The lowest BCUT2D eigenvalue weighted by molar-refractivity contribution is 0.535. The largest absolute Gasteiger partial charge is 0.299 e. The second-order valence-electron chi connectivity index (χ2n) is 4.62. The van der Waals surface area contributed by atoms with E-state index in [0.717, 1.165) is 17.7 Å². The van der Waals surface area contributed by atoms with Gasteiger partial charge in [0.1, 0.15) is 0 Å². The van der Waals surface area contributed by atoms with E-state index < -0.39 is 0 Å². The average Bonchev–Trinajstić information content (AvgIpc) is 2.41. The van der Waals surface area contributed by atoms with Gasteiger partial charge in [0, 0.05) is 23.2 Å². The number of aryl methyl sites for hydroxylation is 1. The molecule has 0 saturated heterocycles. The van der Waals surface area contributed by atoms with E-state index in [1.165, 1.54) is 0 Å². The van der Waals surface area contributed by atoms with Gasteiger partial charge in [0.2, 0.25) is 0 Å². The molecule has 1 heterocycles. The summed E-state index contributed by atoms with van der Waals surface area (Å²) in [7, 11) is 0. The normalized spacial score (nSPS) is 12.1. The van der Waals surface area contributed by atoms with Crippen LogP contribution in [0.25, 0.3) is 0 Å². The standard InChI is InChI=1S/C11H20N2O/c1-6-8-9(11(3,4)5)12-13(7-2)10(8)14/h12H,6-7H2,1-5H3. The summed E-state index contributed by atoms with van der Waals surface area (Å²) in [5.41, 5.74) is 2.16. The summed E-state index contributed by atoms with van der Waals surface area (Å²) in [6, 6.07) is 0. The van der Waals surface area contributed by atoms with Crippen molar-refractivity contribution >= 4 is 0 Å². The molecule has 0 spiro atoms. The summed E-state index contributed by atoms with van der Waals surface area (Å²) in [4.78, 5) is 11.8. The fraction of sp³-hybridized carbons (Fsp3) is 0.727. The summed E-state index contributed by atoms with van der Waals surface area (Å²) >= 11 is 0. The van der Waals surface area contributed by atoms with Crippen molar-refractivity contribution in [3.05, 3.63) is 21.6 Å². The van der Waals surface area contributed by atoms with Gasteiger partial charge >= 0.3 is 0 Å². The molecule has 0 fully saturated rings. The average molecular weight is 196 g/mol. The number of rotatable bonds is 2. The zero-order valence-corrected chi connectivity index (χ0v) is 9.77. The highest BCUT2D eigenvalue weighted by atomic mass is 16.1. The van der Waals surface area contributed by atoms with E-state index in [1.807, 2.05) is 13.8 Å². The minimum Gasteiger partial charge on any atom is -0.299 e. The number of aromatic amines is 1. The van der Waals surface area contributed by atoms with Crippen LogP contribution in [-0.4, -0.2) is 9.78 Å². The van der Waals surface area contributed by atoms with Gasteiger partial charge in [-0.2, -0.15) is 0 Å². The molecule has 1 aromatic heterocycles. The Morgan fingerprint density at radius 2 is 1.86 bits per heavy atom. The molecule has 0 aromatic carbocycles. The van der Waals surface area contributed by atoms with Crippen LogP contribution in [0.5, 0.6) is 0 Å². The number of hydrogen-bond acceptors (Lipinski definition) is 1. The summed E-state index contributed by atoms with van der Waals surface area (Å²) in [6.07, 6.45) is 0.801. The third kappa shape index (κ3) is 1.76. The van der Waals surface area contributed by atoms with Crippen molar-refractivity contribution in [3.8, 4) is 0 Å². The Kier molecular flexibility index (Phi) is 2.88. The lowest BCUT2D eigenvalue weighted by atomic mass is 9.89. The first-order chi connectivity index (χ1) is 6.41. The first-order valence-electron chi connectivity index (χ1n) is 5.24. The lowest BCUT2D eigenvalue weighted by Gasteiger charge is -2.17. The maximum atomic E-state index is 11.8. The van der Waals surface area contributed by atoms with Gasteiger partial charge in [-0.05, 0) is 13.3 Å². The maximum Gasteiger partial charge on any atom is 0.269 e. The number of nitrogens with one attached hydrogen (secondary N) is 1. The topological polar surface area (TPSA) is 37.8 Å². The van der Waals surface area contributed by atoms with Crippen molar-refractivity contribution in [1.82, 2.24) is 9.78 Å². The number of nitrogens with zero attached hydrogens (tertiary/aromatic N) is 1. The fourth-order valence-electron chi connectivity index (χ4n) is 1.69. The van der Waals surface area contributed by atoms with Crippen molar-refractivity contribution in [2.75, 3.05) is 0 Å². The summed E-state index contributed by atoms with van der Waals surface area (Å²) in [6.45, 7) is 11.1. The van der Waals surface area contributed by atoms with Crippen molar-refractivity contribution in [2.45, 2.75) is 53.0 Å². The van der Waals surface area contributed by atoms with Crippen LogP contribution in [0.15, 0.2) is 4.79 Å². The first kappa shape index (κ1) is 11.1. The van der Waals surface area contributed by atoms with Crippen LogP contribution >= 0.6 is 0 Å². The molecule has 1 rings (SSSR count). The van der Waals surface area contributed by atoms with Crippen molar-refractivity contribution in [3.63, 3.8) is 0 Å². The van der Waals surface area contributed by atoms with E-state index in [4.69, 9.17) is 0 Å². The van der Waals surface area contributed by atoms with Crippen molar-refractivity contribution in [2.24, 2.45) is 0 Å². The van der Waals surface area contributed by atoms with E-state index in [2.05, 4.69) is 25.9 Å². The molecule has 80 valence electrons. The highest BCUT2D eigenvalue weighted by Gasteiger charge is 2.22. The minimum atomic E-state index is 0.0188. The SMILES string of the molecule is CCc1c(C(C)(C)C)[nH]n(CC)c1=O. The molecule has 0 unspecified atom stereocenters. The Hall–Kier alpha value is -0.990. The predicted octanol–water partition coefficient (Wildman–Crippen LogP) is 2.06. The maximum absolute atomic E-state index is 11.8. The van der Waals surface area contributed by atoms with Crippen LogP contribution in [0.3, 0.4) is 0 Å². The Morgan fingerprint density at radius 1 is 1.29 bits per heavy atom.